The second-order valence-electron chi connectivity index (χ2n) is 7.69. The zero-order valence-corrected chi connectivity index (χ0v) is 18.8. The normalized spacial score (nSPS) is 18.9. The topological polar surface area (TPSA) is 90.0 Å². The van der Waals surface area contributed by atoms with Crippen LogP contribution in [0.2, 0.25) is 0 Å². The third-order valence-electron chi connectivity index (χ3n) is 5.46. The lowest BCUT2D eigenvalue weighted by atomic mass is 10.1. The second-order valence-corrected chi connectivity index (χ2v) is 9.85. The van der Waals surface area contributed by atoms with Crippen LogP contribution in [0.5, 0.6) is 5.75 Å². The Balaban J connectivity index is 1.72. The summed E-state index contributed by atoms with van der Waals surface area (Å²) in [6.45, 7) is 0. The lowest BCUT2D eigenvalue weighted by Crippen LogP contribution is -2.48. The summed E-state index contributed by atoms with van der Waals surface area (Å²) < 4.78 is 36.1. The number of amides is 1. The highest BCUT2D eigenvalue weighted by Gasteiger charge is 2.46. The maximum Gasteiger partial charge on any atom is 0.338 e. The van der Waals surface area contributed by atoms with Crippen molar-refractivity contribution in [3.63, 3.8) is 0 Å². The minimum absolute atomic E-state index is 0.311. The Morgan fingerprint density at radius 2 is 1.39 bits per heavy atom. The van der Waals surface area contributed by atoms with Gasteiger partial charge in [-0.1, -0.05) is 36.4 Å². The van der Waals surface area contributed by atoms with Gasteiger partial charge < -0.3 is 14.4 Å². The fourth-order valence-corrected chi connectivity index (χ4v) is 5.66. The zero-order valence-electron chi connectivity index (χ0n) is 18.0. The molecule has 1 fully saturated rings. The number of methoxy groups -OCH3 is 1. The largest absolute Gasteiger partial charge is 0.497 e. The van der Waals surface area contributed by atoms with Crippen LogP contribution in [0.15, 0.2) is 84.9 Å². The molecule has 0 aliphatic carbocycles. The second kappa shape index (κ2) is 9.46. The van der Waals surface area contributed by atoms with Gasteiger partial charge in [-0.15, -0.1) is 0 Å². The molecule has 3 aromatic carbocycles. The van der Waals surface area contributed by atoms with Gasteiger partial charge in [-0.3, -0.25) is 4.79 Å². The van der Waals surface area contributed by atoms with Crippen LogP contribution in [-0.4, -0.2) is 51.1 Å². The van der Waals surface area contributed by atoms with Crippen molar-refractivity contribution in [1.82, 2.24) is 0 Å². The standard InChI is InChI=1S/C25H23NO6S/c1-31-21-14-12-20(13-15-21)26(24(27)18-8-4-2-5-9-18)22-16-33(29,30)17-23(22)32-25(28)19-10-6-3-7-11-19/h2-15,22-23H,16-17H2,1H3/t22-,23-/m0/s1. The highest BCUT2D eigenvalue weighted by Crippen LogP contribution is 2.30. The predicted molar refractivity (Wildman–Crippen MR) is 124 cm³/mol. The fourth-order valence-electron chi connectivity index (χ4n) is 3.85. The first-order valence-electron chi connectivity index (χ1n) is 10.4. The van der Waals surface area contributed by atoms with Crippen LogP contribution < -0.4 is 9.64 Å². The van der Waals surface area contributed by atoms with Gasteiger partial charge in [0, 0.05) is 11.3 Å². The number of hydrogen-bond donors (Lipinski definition) is 0. The Hall–Kier alpha value is -3.65. The zero-order chi connectivity index (χ0) is 23.4. The van der Waals surface area contributed by atoms with E-state index in [2.05, 4.69) is 0 Å². The van der Waals surface area contributed by atoms with Crippen molar-refractivity contribution in [1.29, 1.82) is 0 Å². The Morgan fingerprint density at radius 1 is 0.818 bits per heavy atom. The first-order chi connectivity index (χ1) is 15.9. The van der Waals surface area contributed by atoms with Crippen molar-refractivity contribution in [3.05, 3.63) is 96.1 Å². The molecular weight excluding hydrogens is 442 g/mol. The molecule has 1 heterocycles. The van der Waals surface area contributed by atoms with Gasteiger partial charge in [0.1, 0.15) is 11.9 Å². The van der Waals surface area contributed by atoms with E-state index in [0.29, 0.717) is 22.6 Å². The Morgan fingerprint density at radius 3 is 1.97 bits per heavy atom. The fraction of sp³-hybridized carbons (Fsp3) is 0.200. The predicted octanol–water partition coefficient (Wildman–Crippen LogP) is 3.36. The van der Waals surface area contributed by atoms with E-state index >= 15 is 0 Å². The smallest absolute Gasteiger partial charge is 0.338 e. The molecule has 0 N–H and O–H groups in total. The van der Waals surface area contributed by atoms with E-state index in [1.54, 1.807) is 84.9 Å². The monoisotopic (exact) mass is 465 g/mol. The van der Waals surface area contributed by atoms with E-state index < -0.39 is 28.0 Å². The number of nitrogens with zero attached hydrogens (tertiary/aromatic N) is 1. The molecule has 170 valence electrons. The van der Waals surface area contributed by atoms with E-state index in [-0.39, 0.29) is 17.4 Å². The number of rotatable bonds is 6. The number of hydrogen-bond acceptors (Lipinski definition) is 6. The Kier molecular flexibility index (Phi) is 6.46. The molecule has 1 aliphatic rings. The van der Waals surface area contributed by atoms with E-state index in [0.717, 1.165) is 0 Å². The molecule has 0 saturated carbocycles. The van der Waals surface area contributed by atoms with Crippen molar-refractivity contribution in [2.75, 3.05) is 23.5 Å². The maximum absolute atomic E-state index is 13.6. The highest BCUT2D eigenvalue weighted by molar-refractivity contribution is 7.91. The molecular formula is C25H23NO6S. The molecule has 0 bridgehead atoms. The molecule has 33 heavy (non-hydrogen) atoms. The van der Waals surface area contributed by atoms with Gasteiger partial charge in [0.2, 0.25) is 0 Å². The van der Waals surface area contributed by atoms with Crippen molar-refractivity contribution in [3.8, 4) is 5.75 Å². The molecule has 0 unspecified atom stereocenters. The van der Waals surface area contributed by atoms with Crippen LogP contribution in [0.1, 0.15) is 20.7 Å². The SMILES string of the molecule is COc1ccc(N(C(=O)c2ccccc2)[C@H]2CS(=O)(=O)C[C@@H]2OC(=O)c2ccccc2)cc1. The van der Waals surface area contributed by atoms with E-state index in [1.165, 1.54) is 12.0 Å². The third-order valence-corrected chi connectivity index (χ3v) is 7.15. The van der Waals surface area contributed by atoms with Crippen molar-refractivity contribution >= 4 is 27.4 Å². The van der Waals surface area contributed by atoms with Crippen LogP contribution >= 0.6 is 0 Å². The van der Waals surface area contributed by atoms with E-state index in [1.807, 2.05) is 0 Å². The number of anilines is 1. The molecule has 4 rings (SSSR count). The first-order valence-corrected chi connectivity index (χ1v) is 12.2. The van der Waals surface area contributed by atoms with Crippen LogP contribution in [0.25, 0.3) is 0 Å². The van der Waals surface area contributed by atoms with Gasteiger partial charge in [-0.25, -0.2) is 13.2 Å². The molecule has 0 radical (unpaired) electrons. The van der Waals surface area contributed by atoms with Crippen LogP contribution in [0, 0.1) is 0 Å². The maximum atomic E-state index is 13.6. The number of esters is 1. The lowest BCUT2D eigenvalue weighted by Gasteiger charge is -2.32. The third kappa shape index (κ3) is 5.06. The van der Waals surface area contributed by atoms with Gasteiger partial charge in [-0.05, 0) is 48.5 Å². The molecule has 3 aromatic rings. The van der Waals surface area contributed by atoms with Crippen molar-refractivity contribution in [2.45, 2.75) is 12.1 Å². The van der Waals surface area contributed by atoms with Crippen molar-refractivity contribution in [2.24, 2.45) is 0 Å². The summed E-state index contributed by atoms with van der Waals surface area (Å²) in [4.78, 5) is 27.7. The number of carbonyl (C=O) groups excluding carboxylic acids is 2. The summed E-state index contributed by atoms with van der Waals surface area (Å²) in [5.74, 6) is -1.10. The van der Waals surface area contributed by atoms with E-state index in [9.17, 15) is 18.0 Å². The molecule has 1 aliphatic heterocycles. The quantitative estimate of drug-likeness (QED) is 0.519. The Bertz CT molecular complexity index is 1230. The van der Waals surface area contributed by atoms with Gasteiger partial charge in [0.25, 0.3) is 5.91 Å². The van der Waals surface area contributed by atoms with E-state index in [4.69, 9.17) is 9.47 Å². The summed E-state index contributed by atoms with van der Waals surface area (Å²) in [5, 5.41) is 0. The summed E-state index contributed by atoms with van der Waals surface area (Å²) in [5.41, 5.74) is 1.18. The van der Waals surface area contributed by atoms with Gasteiger partial charge >= 0.3 is 5.97 Å². The number of ether oxygens (including phenoxy) is 2. The van der Waals surface area contributed by atoms with Crippen LogP contribution in [-0.2, 0) is 14.6 Å². The molecule has 1 amide bonds. The average molecular weight is 466 g/mol. The van der Waals surface area contributed by atoms with Gasteiger partial charge in [0.15, 0.2) is 9.84 Å². The van der Waals surface area contributed by atoms with Gasteiger partial charge in [-0.2, -0.15) is 0 Å². The summed E-state index contributed by atoms with van der Waals surface area (Å²) in [6.07, 6.45) is -1.02. The number of benzene rings is 3. The molecule has 8 heteroatoms. The minimum atomic E-state index is -3.55. The van der Waals surface area contributed by atoms with Crippen molar-refractivity contribution < 1.29 is 27.5 Å². The van der Waals surface area contributed by atoms with Gasteiger partial charge in [0.05, 0.1) is 30.2 Å². The summed E-state index contributed by atoms with van der Waals surface area (Å²) in [7, 11) is -2.02. The molecule has 7 nitrogen and oxygen atoms in total. The van der Waals surface area contributed by atoms with Crippen LogP contribution in [0.4, 0.5) is 5.69 Å². The molecule has 2 atom stereocenters. The van der Waals surface area contributed by atoms with Crippen LogP contribution in [0.3, 0.4) is 0 Å². The molecule has 0 aromatic heterocycles. The average Bonchev–Trinajstić information content (AvgIpc) is 3.14. The molecule has 0 spiro atoms. The number of carbonyl (C=O) groups is 2. The number of sulfone groups is 1. The highest BCUT2D eigenvalue weighted by atomic mass is 32.2. The molecule has 1 saturated heterocycles. The minimum Gasteiger partial charge on any atom is -0.497 e. The lowest BCUT2D eigenvalue weighted by molar-refractivity contribution is 0.0314. The Labute approximate surface area is 192 Å². The summed E-state index contributed by atoms with van der Waals surface area (Å²) in [6, 6.07) is 22.8. The first kappa shape index (κ1) is 22.5. The summed E-state index contributed by atoms with van der Waals surface area (Å²) >= 11 is 0.